The molecule has 1 atom stereocenters. The van der Waals surface area contributed by atoms with Gasteiger partial charge in [0, 0.05) is 20.0 Å². The van der Waals surface area contributed by atoms with E-state index in [1.807, 2.05) is 0 Å². The van der Waals surface area contributed by atoms with Gasteiger partial charge < -0.3 is 15.7 Å². The molecule has 0 spiro atoms. The Hall–Kier alpha value is -0.610. The molecule has 4 heteroatoms. The van der Waals surface area contributed by atoms with E-state index >= 15 is 0 Å². The molecule has 0 aromatic heterocycles. The topological polar surface area (TPSA) is 61.4 Å². The first-order valence-electron chi connectivity index (χ1n) is 3.24. The largest absolute Gasteiger partial charge is 0.390 e. The predicted octanol–water partition coefficient (Wildman–Crippen LogP) is -1.30. The third-order valence-corrected chi connectivity index (χ3v) is 1.03. The van der Waals surface area contributed by atoms with Crippen molar-refractivity contribution in [1.29, 1.82) is 0 Å². The standard InChI is InChI=1S/C6H14N2O2/c1-5(9)8-4-6(10)3-7-2/h6-7,10H,3-4H2,1-2H3,(H,8,9)/t6-/m1/s1. The summed E-state index contributed by atoms with van der Waals surface area (Å²) in [5, 5.41) is 14.3. The maximum absolute atomic E-state index is 10.3. The summed E-state index contributed by atoms with van der Waals surface area (Å²) >= 11 is 0. The third-order valence-electron chi connectivity index (χ3n) is 1.03. The first-order chi connectivity index (χ1) is 4.66. The number of hydrogen-bond donors (Lipinski definition) is 3. The minimum atomic E-state index is -0.492. The number of amides is 1. The Bertz CT molecular complexity index is 106. The van der Waals surface area contributed by atoms with E-state index < -0.39 is 6.10 Å². The number of rotatable bonds is 4. The van der Waals surface area contributed by atoms with Crippen molar-refractivity contribution in [3.05, 3.63) is 0 Å². The second-order valence-corrected chi connectivity index (χ2v) is 2.15. The second kappa shape index (κ2) is 5.20. The average molecular weight is 146 g/mol. The second-order valence-electron chi connectivity index (χ2n) is 2.15. The lowest BCUT2D eigenvalue weighted by molar-refractivity contribution is -0.119. The van der Waals surface area contributed by atoms with Crippen LogP contribution in [0.25, 0.3) is 0 Å². The van der Waals surface area contributed by atoms with Crippen molar-refractivity contribution in [2.45, 2.75) is 13.0 Å². The number of carbonyl (C=O) groups is 1. The van der Waals surface area contributed by atoms with E-state index in [-0.39, 0.29) is 5.91 Å². The molecule has 0 bridgehead atoms. The molecule has 0 aliphatic heterocycles. The molecule has 60 valence electrons. The van der Waals surface area contributed by atoms with Gasteiger partial charge in [0.1, 0.15) is 0 Å². The first kappa shape index (κ1) is 9.39. The highest BCUT2D eigenvalue weighted by molar-refractivity contribution is 5.72. The van der Waals surface area contributed by atoms with Crippen LogP contribution in [0.15, 0.2) is 0 Å². The molecule has 0 saturated heterocycles. The van der Waals surface area contributed by atoms with Crippen molar-refractivity contribution in [3.63, 3.8) is 0 Å². The number of aliphatic hydroxyl groups is 1. The maximum atomic E-state index is 10.3. The van der Waals surface area contributed by atoms with Crippen molar-refractivity contribution in [2.75, 3.05) is 20.1 Å². The SMILES string of the molecule is CNC[C@@H](O)CNC(C)=O. The van der Waals surface area contributed by atoms with Crippen molar-refractivity contribution < 1.29 is 9.90 Å². The lowest BCUT2D eigenvalue weighted by atomic mass is 10.3. The van der Waals surface area contributed by atoms with E-state index in [0.29, 0.717) is 13.1 Å². The van der Waals surface area contributed by atoms with Crippen LogP contribution >= 0.6 is 0 Å². The number of likely N-dealkylation sites (N-methyl/N-ethyl adjacent to an activating group) is 1. The molecule has 1 amide bonds. The smallest absolute Gasteiger partial charge is 0.216 e. The molecule has 10 heavy (non-hydrogen) atoms. The van der Waals surface area contributed by atoms with Crippen LogP contribution in [0.4, 0.5) is 0 Å². The van der Waals surface area contributed by atoms with Gasteiger partial charge in [-0.3, -0.25) is 4.79 Å². The third kappa shape index (κ3) is 5.53. The molecule has 0 heterocycles. The molecule has 0 saturated carbocycles. The summed E-state index contributed by atoms with van der Waals surface area (Å²) in [5.41, 5.74) is 0. The summed E-state index contributed by atoms with van der Waals surface area (Å²) in [6.45, 7) is 2.24. The molecular formula is C6H14N2O2. The monoisotopic (exact) mass is 146 g/mol. The quantitative estimate of drug-likeness (QED) is 0.462. The van der Waals surface area contributed by atoms with Gasteiger partial charge in [0.15, 0.2) is 0 Å². The summed E-state index contributed by atoms with van der Waals surface area (Å²) in [4.78, 5) is 10.3. The molecule has 0 rings (SSSR count). The fourth-order valence-electron chi connectivity index (χ4n) is 0.569. The highest BCUT2D eigenvalue weighted by atomic mass is 16.3. The van der Waals surface area contributed by atoms with Gasteiger partial charge in [-0.25, -0.2) is 0 Å². The Labute approximate surface area is 60.6 Å². The van der Waals surface area contributed by atoms with Crippen molar-refractivity contribution in [1.82, 2.24) is 10.6 Å². The van der Waals surface area contributed by atoms with Gasteiger partial charge in [0.05, 0.1) is 6.10 Å². The molecular weight excluding hydrogens is 132 g/mol. The molecule has 0 fully saturated rings. The summed E-state index contributed by atoms with van der Waals surface area (Å²) < 4.78 is 0. The zero-order valence-corrected chi connectivity index (χ0v) is 6.35. The zero-order chi connectivity index (χ0) is 7.98. The highest BCUT2D eigenvalue weighted by Gasteiger charge is 2.01. The molecule has 4 nitrogen and oxygen atoms in total. The Morgan fingerprint density at radius 2 is 2.20 bits per heavy atom. The Kier molecular flexibility index (Phi) is 4.88. The van der Waals surface area contributed by atoms with Gasteiger partial charge in [0.25, 0.3) is 0 Å². The van der Waals surface area contributed by atoms with Crippen LogP contribution in [0.5, 0.6) is 0 Å². The van der Waals surface area contributed by atoms with Crippen LogP contribution < -0.4 is 10.6 Å². The predicted molar refractivity (Wildman–Crippen MR) is 38.6 cm³/mol. The molecule has 3 N–H and O–H groups in total. The minimum absolute atomic E-state index is 0.116. The van der Waals surface area contributed by atoms with Crippen LogP contribution in [0.2, 0.25) is 0 Å². The normalized spacial score (nSPS) is 12.7. The lowest BCUT2D eigenvalue weighted by Crippen LogP contribution is -2.36. The van der Waals surface area contributed by atoms with Gasteiger partial charge in [-0.15, -0.1) is 0 Å². The Morgan fingerprint density at radius 1 is 1.60 bits per heavy atom. The van der Waals surface area contributed by atoms with Crippen LogP contribution in [0, 0.1) is 0 Å². The van der Waals surface area contributed by atoms with Gasteiger partial charge in [-0.05, 0) is 7.05 Å². The molecule has 0 unspecified atom stereocenters. The van der Waals surface area contributed by atoms with Crippen LogP contribution in [0.3, 0.4) is 0 Å². The van der Waals surface area contributed by atoms with Crippen LogP contribution in [0.1, 0.15) is 6.92 Å². The van der Waals surface area contributed by atoms with Crippen LogP contribution in [-0.2, 0) is 4.79 Å². The summed E-state index contributed by atoms with van der Waals surface area (Å²) in [7, 11) is 1.75. The van der Waals surface area contributed by atoms with Gasteiger partial charge in [-0.1, -0.05) is 0 Å². The van der Waals surface area contributed by atoms with E-state index in [9.17, 15) is 4.79 Å². The maximum Gasteiger partial charge on any atom is 0.216 e. The highest BCUT2D eigenvalue weighted by Crippen LogP contribution is 1.75. The zero-order valence-electron chi connectivity index (χ0n) is 6.35. The van der Waals surface area contributed by atoms with E-state index in [0.717, 1.165) is 0 Å². The summed E-state index contributed by atoms with van der Waals surface area (Å²) in [6, 6.07) is 0. The van der Waals surface area contributed by atoms with E-state index in [2.05, 4.69) is 10.6 Å². The van der Waals surface area contributed by atoms with Crippen LogP contribution in [-0.4, -0.2) is 37.3 Å². The summed E-state index contributed by atoms with van der Waals surface area (Å²) in [6.07, 6.45) is -0.492. The Balaban J connectivity index is 3.21. The fourth-order valence-corrected chi connectivity index (χ4v) is 0.569. The molecule has 0 aliphatic rings. The minimum Gasteiger partial charge on any atom is -0.390 e. The van der Waals surface area contributed by atoms with Crippen molar-refractivity contribution >= 4 is 5.91 Å². The average Bonchev–Trinajstić information content (AvgIpc) is 1.85. The van der Waals surface area contributed by atoms with Gasteiger partial charge in [-0.2, -0.15) is 0 Å². The van der Waals surface area contributed by atoms with Gasteiger partial charge in [0.2, 0.25) is 5.91 Å². The van der Waals surface area contributed by atoms with Crippen molar-refractivity contribution in [3.8, 4) is 0 Å². The number of hydrogen-bond acceptors (Lipinski definition) is 3. The molecule has 0 radical (unpaired) electrons. The van der Waals surface area contributed by atoms with E-state index in [1.54, 1.807) is 7.05 Å². The molecule has 0 aromatic rings. The fraction of sp³-hybridized carbons (Fsp3) is 0.833. The van der Waals surface area contributed by atoms with E-state index in [1.165, 1.54) is 6.92 Å². The number of carbonyl (C=O) groups excluding carboxylic acids is 1. The van der Waals surface area contributed by atoms with E-state index in [4.69, 9.17) is 5.11 Å². The molecule has 0 aliphatic carbocycles. The van der Waals surface area contributed by atoms with Gasteiger partial charge >= 0.3 is 0 Å². The first-order valence-corrected chi connectivity index (χ1v) is 3.24. The summed E-state index contributed by atoms with van der Waals surface area (Å²) in [5.74, 6) is -0.116. The molecule has 0 aromatic carbocycles. The van der Waals surface area contributed by atoms with Crippen molar-refractivity contribution in [2.24, 2.45) is 0 Å². The number of aliphatic hydroxyl groups excluding tert-OH is 1. The number of nitrogens with one attached hydrogen (secondary N) is 2. The lowest BCUT2D eigenvalue weighted by Gasteiger charge is -2.08. The Morgan fingerprint density at radius 3 is 2.60 bits per heavy atom.